The van der Waals surface area contributed by atoms with Gasteiger partial charge in [0.15, 0.2) is 0 Å². The molecule has 0 saturated heterocycles. The van der Waals surface area contributed by atoms with E-state index in [1.165, 1.54) is 30.1 Å². The molecule has 0 spiro atoms. The third kappa shape index (κ3) is 5.06. The second-order valence-corrected chi connectivity index (χ2v) is 5.73. The van der Waals surface area contributed by atoms with Crippen LogP contribution in [-0.2, 0) is 6.54 Å². The number of alkyl halides is 3. The van der Waals surface area contributed by atoms with E-state index in [2.05, 4.69) is 20.1 Å². The van der Waals surface area contributed by atoms with E-state index in [1.54, 1.807) is 0 Å². The van der Waals surface area contributed by atoms with Crippen molar-refractivity contribution in [3.05, 3.63) is 71.8 Å². The summed E-state index contributed by atoms with van der Waals surface area (Å²) in [5, 5.41) is 6.66. The number of anilines is 1. The van der Waals surface area contributed by atoms with E-state index >= 15 is 0 Å². The van der Waals surface area contributed by atoms with E-state index < -0.39 is 12.3 Å². The maximum absolute atomic E-state index is 12.3. The van der Waals surface area contributed by atoms with Crippen molar-refractivity contribution in [1.82, 2.24) is 14.8 Å². The Hall–Kier alpha value is -3.36. The Morgan fingerprint density at radius 1 is 1.19 bits per heavy atom. The molecule has 3 aromatic rings. The topological polar surface area (TPSA) is 69.0 Å². The summed E-state index contributed by atoms with van der Waals surface area (Å²) in [6.45, 7) is 1.91. The average Bonchev–Trinajstić information content (AvgIpc) is 3.06. The SMILES string of the molecule is Cc1cc(NC(=O)c2ncn(Cc3ccccc3)n2)ccc1OC(F)(F)F. The predicted molar refractivity (Wildman–Crippen MR) is 91.4 cm³/mol. The molecular weight excluding hydrogens is 361 g/mol. The Balaban J connectivity index is 1.66. The van der Waals surface area contributed by atoms with E-state index in [0.29, 0.717) is 12.2 Å². The molecule has 140 valence electrons. The summed E-state index contributed by atoms with van der Waals surface area (Å²) >= 11 is 0. The lowest BCUT2D eigenvalue weighted by Crippen LogP contribution is -2.18. The van der Waals surface area contributed by atoms with Crippen molar-refractivity contribution in [3.63, 3.8) is 0 Å². The number of carbonyl (C=O) groups is 1. The summed E-state index contributed by atoms with van der Waals surface area (Å²) in [5.74, 6) is -0.935. The number of hydrogen-bond donors (Lipinski definition) is 1. The number of hydrogen-bond acceptors (Lipinski definition) is 4. The molecule has 27 heavy (non-hydrogen) atoms. The number of aromatic nitrogens is 3. The number of ether oxygens (including phenoxy) is 1. The normalized spacial score (nSPS) is 11.3. The molecule has 0 unspecified atom stereocenters. The number of halogens is 3. The predicted octanol–water partition coefficient (Wildman–Crippen LogP) is 3.79. The van der Waals surface area contributed by atoms with Crippen molar-refractivity contribution < 1.29 is 22.7 Å². The van der Waals surface area contributed by atoms with Gasteiger partial charge in [-0.2, -0.15) is 0 Å². The molecule has 0 saturated carbocycles. The standard InChI is InChI=1S/C18H15F3N4O2/c1-12-9-14(7-8-15(12)27-18(19,20)21)23-17(26)16-22-11-25(24-16)10-13-5-3-2-4-6-13/h2-9,11H,10H2,1H3,(H,23,26). The molecule has 2 aromatic carbocycles. The molecular formula is C18H15F3N4O2. The van der Waals surface area contributed by atoms with Gasteiger partial charge in [0, 0.05) is 5.69 Å². The van der Waals surface area contributed by atoms with Gasteiger partial charge in [-0.25, -0.2) is 9.67 Å². The van der Waals surface area contributed by atoms with Crippen LogP contribution < -0.4 is 10.1 Å². The monoisotopic (exact) mass is 376 g/mol. The minimum Gasteiger partial charge on any atom is -0.406 e. The van der Waals surface area contributed by atoms with E-state index in [-0.39, 0.29) is 17.1 Å². The molecule has 1 N–H and O–H groups in total. The van der Waals surface area contributed by atoms with E-state index in [4.69, 9.17) is 0 Å². The highest BCUT2D eigenvalue weighted by Gasteiger charge is 2.31. The van der Waals surface area contributed by atoms with E-state index in [0.717, 1.165) is 11.6 Å². The van der Waals surface area contributed by atoms with Crippen molar-refractivity contribution in [2.75, 3.05) is 5.32 Å². The molecule has 0 bridgehead atoms. The minimum atomic E-state index is -4.77. The van der Waals surface area contributed by atoms with Crippen LogP contribution in [0.3, 0.4) is 0 Å². The molecule has 0 aliphatic carbocycles. The van der Waals surface area contributed by atoms with Gasteiger partial charge in [-0.15, -0.1) is 18.3 Å². The lowest BCUT2D eigenvalue weighted by atomic mass is 10.2. The lowest BCUT2D eigenvalue weighted by Gasteiger charge is -2.12. The molecule has 3 rings (SSSR count). The van der Waals surface area contributed by atoms with Crippen LogP contribution >= 0.6 is 0 Å². The van der Waals surface area contributed by atoms with Gasteiger partial charge in [0.2, 0.25) is 5.82 Å². The summed E-state index contributed by atoms with van der Waals surface area (Å²) in [5.41, 5.74) is 1.55. The molecule has 6 nitrogen and oxygen atoms in total. The molecule has 1 heterocycles. The van der Waals surface area contributed by atoms with Gasteiger partial charge in [-0.05, 0) is 36.2 Å². The molecule has 1 aromatic heterocycles. The molecule has 0 radical (unpaired) electrons. The highest BCUT2D eigenvalue weighted by atomic mass is 19.4. The highest BCUT2D eigenvalue weighted by Crippen LogP contribution is 2.28. The zero-order valence-electron chi connectivity index (χ0n) is 14.2. The lowest BCUT2D eigenvalue weighted by molar-refractivity contribution is -0.274. The summed E-state index contributed by atoms with van der Waals surface area (Å²) in [4.78, 5) is 16.2. The Labute approximate surface area is 152 Å². The molecule has 1 amide bonds. The van der Waals surface area contributed by atoms with Crippen molar-refractivity contribution >= 4 is 11.6 Å². The van der Waals surface area contributed by atoms with Crippen LogP contribution in [0.2, 0.25) is 0 Å². The van der Waals surface area contributed by atoms with E-state index in [9.17, 15) is 18.0 Å². The number of benzene rings is 2. The maximum Gasteiger partial charge on any atom is 0.573 e. The van der Waals surface area contributed by atoms with Crippen LogP contribution in [0.4, 0.5) is 18.9 Å². The maximum atomic E-state index is 12.3. The number of amides is 1. The van der Waals surface area contributed by atoms with Gasteiger partial charge in [0.1, 0.15) is 12.1 Å². The molecule has 0 fully saturated rings. The zero-order valence-corrected chi connectivity index (χ0v) is 14.2. The van der Waals surface area contributed by atoms with Crippen molar-refractivity contribution in [1.29, 1.82) is 0 Å². The summed E-state index contributed by atoms with van der Waals surface area (Å²) in [7, 11) is 0. The first-order valence-electron chi connectivity index (χ1n) is 7.91. The van der Waals surface area contributed by atoms with Crippen LogP contribution in [0.1, 0.15) is 21.7 Å². The number of rotatable bonds is 5. The Kier molecular flexibility index (Phi) is 5.11. The van der Waals surface area contributed by atoms with Gasteiger partial charge >= 0.3 is 6.36 Å². The minimum absolute atomic E-state index is 0.0424. The smallest absolute Gasteiger partial charge is 0.406 e. The van der Waals surface area contributed by atoms with Crippen LogP contribution in [0.15, 0.2) is 54.9 Å². The molecule has 9 heteroatoms. The van der Waals surface area contributed by atoms with Gasteiger partial charge in [0.05, 0.1) is 6.54 Å². The first kappa shape index (κ1) is 18.4. The molecule has 0 aliphatic rings. The van der Waals surface area contributed by atoms with Gasteiger partial charge < -0.3 is 10.1 Å². The first-order chi connectivity index (χ1) is 12.8. The Morgan fingerprint density at radius 2 is 1.93 bits per heavy atom. The first-order valence-corrected chi connectivity index (χ1v) is 7.91. The van der Waals surface area contributed by atoms with Crippen LogP contribution in [0.25, 0.3) is 0 Å². The highest BCUT2D eigenvalue weighted by molar-refractivity contribution is 6.01. The van der Waals surface area contributed by atoms with Crippen molar-refractivity contribution in [3.8, 4) is 5.75 Å². The summed E-state index contributed by atoms with van der Waals surface area (Å²) in [6.07, 6.45) is -3.33. The van der Waals surface area contributed by atoms with Gasteiger partial charge in [0.25, 0.3) is 5.91 Å². The number of carbonyl (C=O) groups excluding carboxylic acids is 1. The van der Waals surface area contributed by atoms with Crippen LogP contribution in [-0.4, -0.2) is 27.0 Å². The fraction of sp³-hybridized carbons (Fsp3) is 0.167. The number of nitrogens with zero attached hydrogens (tertiary/aromatic N) is 3. The van der Waals surface area contributed by atoms with Crippen LogP contribution in [0.5, 0.6) is 5.75 Å². The third-order valence-corrected chi connectivity index (χ3v) is 3.59. The second kappa shape index (κ2) is 7.48. The summed E-state index contributed by atoms with van der Waals surface area (Å²) in [6, 6.07) is 13.4. The number of aryl methyl sites for hydroxylation is 1. The largest absolute Gasteiger partial charge is 0.573 e. The number of nitrogens with one attached hydrogen (secondary N) is 1. The second-order valence-electron chi connectivity index (χ2n) is 5.73. The Morgan fingerprint density at radius 3 is 2.59 bits per heavy atom. The third-order valence-electron chi connectivity index (χ3n) is 3.59. The van der Waals surface area contributed by atoms with Gasteiger partial charge in [-0.3, -0.25) is 4.79 Å². The average molecular weight is 376 g/mol. The molecule has 0 aliphatic heterocycles. The van der Waals surface area contributed by atoms with E-state index in [1.807, 2.05) is 30.3 Å². The van der Waals surface area contributed by atoms with Crippen LogP contribution in [0, 0.1) is 6.92 Å². The van der Waals surface area contributed by atoms with Gasteiger partial charge in [-0.1, -0.05) is 30.3 Å². The quantitative estimate of drug-likeness (QED) is 0.736. The molecule has 0 atom stereocenters. The summed E-state index contributed by atoms with van der Waals surface area (Å²) < 4.78 is 42.3. The fourth-order valence-corrected chi connectivity index (χ4v) is 2.40. The van der Waals surface area contributed by atoms with Crippen molar-refractivity contribution in [2.24, 2.45) is 0 Å². The fourth-order valence-electron chi connectivity index (χ4n) is 2.40. The Bertz CT molecular complexity index is 939. The zero-order chi connectivity index (χ0) is 19.4. The van der Waals surface area contributed by atoms with Crippen molar-refractivity contribution in [2.45, 2.75) is 19.8 Å².